The molecule has 4 nitrogen and oxygen atoms in total. The lowest BCUT2D eigenvalue weighted by molar-refractivity contribution is 0.228. The number of benzene rings is 1. The normalized spacial score (nSPS) is 17.6. The van der Waals surface area contributed by atoms with E-state index in [-0.39, 0.29) is 0 Å². The largest absolute Gasteiger partial charge is 0.489 e. The number of fused-ring (bicyclic) bond motifs is 1. The Labute approximate surface area is 118 Å². The Morgan fingerprint density at radius 3 is 2.65 bits per heavy atom. The van der Waals surface area contributed by atoms with Gasteiger partial charge in [-0.25, -0.2) is 4.98 Å². The Morgan fingerprint density at radius 1 is 1.15 bits per heavy atom. The summed E-state index contributed by atoms with van der Waals surface area (Å²) in [6.07, 6.45) is 1.80. The minimum absolute atomic E-state index is 0.394. The third kappa shape index (κ3) is 2.41. The summed E-state index contributed by atoms with van der Waals surface area (Å²) >= 11 is 0. The number of anilines is 1. The fraction of sp³-hybridized carbons (Fsp3) is 0.312. The van der Waals surface area contributed by atoms with Gasteiger partial charge in [-0.1, -0.05) is 13.0 Å². The number of pyridine rings is 1. The van der Waals surface area contributed by atoms with Gasteiger partial charge in [-0.2, -0.15) is 0 Å². The van der Waals surface area contributed by atoms with Crippen LogP contribution >= 0.6 is 0 Å². The molecule has 0 fully saturated rings. The van der Waals surface area contributed by atoms with Crippen LogP contribution in [0, 0.1) is 12.8 Å². The molecule has 4 heteroatoms. The minimum atomic E-state index is 0.394. The second-order valence-electron chi connectivity index (χ2n) is 5.31. The van der Waals surface area contributed by atoms with Gasteiger partial charge in [0.1, 0.15) is 5.82 Å². The lowest BCUT2D eigenvalue weighted by Crippen LogP contribution is -2.12. The fourth-order valence-corrected chi connectivity index (χ4v) is 2.30. The third-order valence-electron chi connectivity index (χ3n) is 3.43. The maximum Gasteiger partial charge on any atom is 0.161 e. The molecule has 1 aliphatic rings. The van der Waals surface area contributed by atoms with Gasteiger partial charge < -0.3 is 15.2 Å². The predicted octanol–water partition coefficient (Wildman–Crippen LogP) is 3.05. The molecule has 0 spiro atoms. The minimum Gasteiger partial charge on any atom is -0.489 e. The van der Waals surface area contributed by atoms with Crippen molar-refractivity contribution in [2.45, 2.75) is 13.8 Å². The van der Waals surface area contributed by atoms with E-state index in [1.54, 1.807) is 6.20 Å². The van der Waals surface area contributed by atoms with Gasteiger partial charge in [0.25, 0.3) is 0 Å². The van der Waals surface area contributed by atoms with E-state index in [1.807, 2.05) is 31.2 Å². The van der Waals surface area contributed by atoms with Gasteiger partial charge in [-0.05, 0) is 36.2 Å². The highest BCUT2D eigenvalue weighted by Gasteiger charge is 2.16. The molecule has 0 saturated heterocycles. The number of nitrogens with zero attached hydrogens (tertiary/aromatic N) is 1. The van der Waals surface area contributed by atoms with Crippen molar-refractivity contribution in [2.24, 2.45) is 5.92 Å². The van der Waals surface area contributed by atoms with E-state index in [4.69, 9.17) is 15.2 Å². The number of hydrogen-bond donors (Lipinski definition) is 1. The highest BCUT2D eigenvalue weighted by atomic mass is 16.5. The van der Waals surface area contributed by atoms with Gasteiger partial charge in [0.2, 0.25) is 0 Å². The van der Waals surface area contributed by atoms with Crippen LogP contribution in [-0.4, -0.2) is 18.2 Å². The molecule has 0 amide bonds. The van der Waals surface area contributed by atoms with Gasteiger partial charge >= 0.3 is 0 Å². The molecule has 1 aromatic carbocycles. The van der Waals surface area contributed by atoms with E-state index in [0.717, 1.165) is 28.2 Å². The highest BCUT2D eigenvalue weighted by Crippen LogP contribution is 2.35. The maximum absolute atomic E-state index is 5.82. The van der Waals surface area contributed by atoms with Crippen LogP contribution in [0.5, 0.6) is 11.5 Å². The van der Waals surface area contributed by atoms with Crippen LogP contribution in [0.15, 0.2) is 30.5 Å². The number of aromatic nitrogens is 1. The lowest BCUT2D eigenvalue weighted by Gasteiger charge is -2.11. The van der Waals surface area contributed by atoms with E-state index in [0.29, 0.717) is 24.9 Å². The molecule has 2 aromatic rings. The molecule has 3 rings (SSSR count). The first kappa shape index (κ1) is 12.8. The van der Waals surface area contributed by atoms with E-state index in [2.05, 4.69) is 11.9 Å². The molecule has 2 heterocycles. The van der Waals surface area contributed by atoms with Gasteiger partial charge in [0.05, 0.1) is 13.2 Å². The Hall–Kier alpha value is -2.23. The molecule has 0 radical (unpaired) electrons. The van der Waals surface area contributed by atoms with E-state index in [1.165, 1.54) is 0 Å². The molecule has 104 valence electrons. The SMILES string of the molecule is Cc1cc(N)ncc1-c1ccc2c(c1)OCC(C)CO2. The van der Waals surface area contributed by atoms with Crippen molar-refractivity contribution in [3.05, 3.63) is 36.0 Å². The third-order valence-corrected chi connectivity index (χ3v) is 3.43. The van der Waals surface area contributed by atoms with Crippen LogP contribution in [0.4, 0.5) is 5.82 Å². The number of ether oxygens (including phenoxy) is 2. The quantitative estimate of drug-likeness (QED) is 0.865. The van der Waals surface area contributed by atoms with Crippen LogP contribution < -0.4 is 15.2 Å². The summed E-state index contributed by atoms with van der Waals surface area (Å²) in [5.41, 5.74) is 8.91. The van der Waals surface area contributed by atoms with Crippen LogP contribution in [0.2, 0.25) is 0 Å². The van der Waals surface area contributed by atoms with Gasteiger partial charge in [0, 0.05) is 17.7 Å². The first-order valence-corrected chi connectivity index (χ1v) is 6.75. The topological polar surface area (TPSA) is 57.4 Å². The molecule has 1 aromatic heterocycles. The molecular formula is C16H18N2O2. The first-order chi connectivity index (χ1) is 9.63. The molecular weight excluding hydrogens is 252 g/mol. The number of aryl methyl sites for hydroxylation is 1. The summed E-state index contributed by atoms with van der Waals surface area (Å²) in [4.78, 5) is 4.16. The fourth-order valence-electron chi connectivity index (χ4n) is 2.30. The van der Waals surface area contributed by atoms with Crippen LogP contribution in [0.3, 0.4) is 0 Å². The van der Waals surface area contributed by atoms with E-state index in [9.17, 15) is 0 Å². The average molecular weight is 270 g/mol. The smallest absolute Gasteiger partial charge is 0.161 e. The van der Waals surface area contributed by atoms with Crippen molar-refractivity contribution in [1.29, 1.82) is 0 Å². The zero-order valence-electron chi connectivity index (χ0n) is 11.7. The molecule has 0 bridgehead atoms. The summed E-state index contributed by atoms with van der Waals surface area (Å²) in [6, 6.07) is 7.87. The predicted molar refractivity (Wildman–Crippen MR) is 79.0 cm³/mol. The Balaban J connectivity index is 2.00. The second kappa shape index (κ2) is 5.04. The monoisotopic (exact) mass is 270 g/mol. The molecule has 0 aliphatic carbocycles. The van der Waals surface area contributed by atoms with Crippen LogP contribution in [0.25, 0.3) is 11.1 Å². The number of hydrogen-bond acceptors (Lipinski definition) is 4. The Morgan fingerprint density at radius 2 is 1.90 bits per heavy atom. The van der Waals surface area contributed by atoms with Crippen LogP contribution in [0.1, 0.15) is 12.5 Å². The van der Waals surface area contributed by atoms with Crippen molar-refractivity contribution in [1.82, 2.24) is 4.98 Å². The van der Waals surface area contributed by atoms with Crippen molar-refractivity contribution in [3.63, 3.8) is 0 Å². The van der Waals surface area contributed by atoms with Crippen LogP contribution in [-0.2, 0) is 0 Å². The zero-order chi connectivity index (χ0) is 14.1. The number of rotatable bonds is 1. The summed E-state index contributed by atoms with van der Waals surface area (Å²) in [5, 5.41) is 0. The van der Waals surface area contributed by atoms with Gasteiger partial charge in [-0.15, -0.1) is 0 Å². The molecule has 20 heavy (non-hydrogen) atoms. The van der Waals surface area contributed by atoms with Crippen molar-refractivity contribution in [3.8, 4) is 22.6 Å². The number of nitrogens with two attached hydrogens (primary N) is 1. The lowest BCUT2D eigenvalue weighted by atomic mass is 10.0. The first-order valence-electron chi connectivity index (χ1n) is 6.75. The average Bonchev–Trinajstić information content (AvgIpc) is 2.61. The zero-order valence-corrected chi connectivity index (χ0v) is 11.7. The highest BCUT2D eigenvalue weighted by molar-refractivity contribution is 5.70. The molecule has 2 N–H and O–H groups in total. The Kier molecular flexibility index (Phi) is 3.22. The summed E-state index contributed by atoms with van der Waals surface area (Å²) < 4.78 is 11.6. The van der Waals surface area contributed by atoms with Gasteiger partial charge in [0.15, 0.2) is 11.5 Å². The maximum atomic E-state index is 5.82. The molecule has 0 saturated carbocycles. The van der Waals surface area contributed by atoms with Crippen molar-refractivity contribution in [2.75, 3.05) is 18.9 Å². The van der Waals surface area contributed by atoms with Gasteiger partial charge in [-0.3, -0.25) is 0 Å². The molecule has 1 aliphatic heterocycles. The Bertz CT molecular complexity index is 640. The summed E-state index contributed by atoms with van der Waals surface area (Å²) in [5.74, 6) is 2.53. The van der Waals surface area contributed by atoms with Crippen molar-refractivity contribution < 1.29 is 9.47 Å². The van der Waals surface area contributed by atoms with Crippen molar-refractivity contribution >= 4 is 5.82 Å². The molecule has 1 unspecified atom stereocenters. The summed E-state index contributed by atoms with van der Waals surface area (Å²) in [7, 11) is 0. The van der Waals surface area contributed by atoms with E-state index < -0.39 is 0 Å². The number of nitrogen functional groups attached to an aromatic ring is 1. The standard InChI is InChI=1S/C16H18N2O2/c1-10-8-19-14-4-3-12(6-15(14)20-9-10)13-7-18-16(17)5-11(13)2/h3-7,10H,8-9H2,1-2H3,(H2,17,18). The van der Waals surface area contributed by atoms with E-state index >= 15 is 0 Å². The second-order valence-corrected chi connectivity index (χ2v) is 5.31. The molecule has 1 atom stereocenters. The summed E-state index contributed by atoms with van der Waals surface area (Å²) in [6.45, 7) is 5.50.